The third-order valence-electron chi connectivity index (χ3n) is 5.15. The van der Waals surface area contributed by atoms with Gasteiger partial charge in [0.05, 0.1) is 33.9 Å². The number of carbonyl (C=O) groups excluding carboxylic acids is 2. The number of aromatic nitrogens is 1. The minimum atomic E-state index is -0.767. The molecule has 1 aliphatic heterocycles. The zero-order valence-corrected chi connectivity index (χ0v) is 18.1. The van der Waals surface area contributed by atoms with Gasteiger partial charge < -0.3 is 10.0 Å². The Hall–Kier alpha value is -3.15. The Morgan fingerprint density at radius 1 is 1.03 bits per heavy atom. The van der Waals surface area contributed by atoms with Crippen LogP contribution in [0.3, 0.4) is 0 Å². The molecule has 4 rings (SSSR count). The molecule has 1 atom stereocenters. The highest BCUT2D eigenvalue weighted by Gasteiger charge is 2.46. The van der Waals surface area contributed by atoms with Crippen LogP contribution in [-0.4, -0.2) is 26.7 Å². The number of aliphatic hydroxyl groups excluding tert-OH is 1. The van der Waals surface area contributed by atoms with E-state index in [4.69, 9.17) is 23.2 Å². The van der Waals surface area contributed by atoms with E-state index < -0.39 is 17.7 Å². The Balaban J connectivity index is 1.88. The van der Waals surface area contributed by atoms with Crippen LogP contribution in [0, 0.1) is 6.92 Å². The highest BCUT2D eigenvalue weighted by atomic mass is 35.5. The number of Topliss-reactive ketones (excluding diaryl/α,β-unsaturated/α-hetero) is 1. The van der Waals surface area contributed by atoms with E-state index in [0.717, 1.165) is 11.1 Å². The summed E-state index contributed by atoms with van der Waals surface area (Å²) in [5.41, 5.74) is 2.64. The molecule has 5 nitrogen and oxygen atoms in total. The lowest BCUT2D eigenvalue weighted by atomic mass is 9.94. The van der Waals surface area contributed by atoms with Crippen LogP contribution >= 0.6 is 23.2 Å². The lowest BCUT2D eigenvalue weighted by Gasteiger charge is -2.25. The Bertz CT molecular complexity index is 1210. The summed E-state index contributed by atoms with van der Waals surface area (Å²) in [7, 11) is 0. The standard InChI is InChI=1S/C24H18Cl2N2O3/c1-14-5-4-6-15(11-14)21-20(22(29)16-8-9-18(25)19(26)12-16)23(30)24(31)28(21)13-17-7-2-3-10-27-17/h2-12,21,29H,13H2,1H3/b22-20-. The van der Waals surface area contributed by atoms with Gasteiger partial charge in [0.2, 0.25) is 0 Å². The second kappa shape index (κ2) is 8.53. The molecule has 0 radical (unpaired) electrons. The molecule has 31 heavy (non-hydrogen) atoms. The van der Waals surface area contributed by atoms with Crippen LogP contribution in [0.4, 0.5) is 0 Å². The summed E-state index contributed by atoms with van der Waals surface area (Å²) in [5, 5.41) is 11.6. The number of carbonyl (C=O) groups is 2. The SMILES string of the molecule is Cc1cccc(C2/C(=C(/O)c3ccc(Cl)c(Cl)c3)C(=O)C(=O)N2Cc2ccccn2)c1. The van der Waals surface area contributed by atoms with Crippen molar-refractivity contribution in [2.75, 3.05) is 0 Å². The molecule has 7 heteroatoms. The monoisotopic (exact) mass is 452 g/mol. The van der Waals surface area contributed by atoms with Gasteiger partial charge in [-0.2, -0.15) is 0 Å². The molecule has 1 saturated heterocycles. The van der Waals surface area contributed by atoms with Gasteiger partial charge in [-0.3, -0.25) is 14.6 Å². The highest BCUT2D eigenvalue weighted by molar-refractivity contribution is 6.46. The molecular formula is C24H18Cl2N2O3. The first-order valence-corrected chi connectivity index (χ1v) is 10.3. The molecule has 2 heterocycles. The minimum absolute atomic E-state index is 0.00456. The number of pyridine rings is 1. The number of aliphatic hydroxyl groups is 1. The van der Waals surface area contributed by atoms with Crippen molar-refractivity contribution < 1.29 is 14.7 Å². The van der Waals surface area contributed by atoms with E-state index >= 15 is 0 Å². The number of hydrogen-bond donors (Lipinski definition) is 1. The minimum Gasteiger partial charge on any atom is -0.507 e. The zero-order valence-electron chi connectivity index (χ0n) is 16.5. The Morgan fingerprint density at radius 2 is 1.84 bits per heavy atom. The van der Waals surface area contributed by atoms with E-state index in [2.05, 4.69) is 4.98 Å². The maximum absolute atomic E-state index is 13.1. The molecule has 0 aliphatic carbocycles. The molecule has 1 unspecified atom stereocenters. The fourth-order valence-electron chi connectivity index (χ4n) is 3.69. The number of benzene rings is 2. The van der Waals surface area contributed by atoms with Gasteiger partial charge in [-0.25, -0.2) is 0 Å². The van der Waals surface area contributed by atoms with E-state index in [1.807, 2.05) is 37.3 Å². The summed E-state index contributed by atoms with van der Waals surface area (Å²) in [5.74, 6) is -1.75. The van der Waals surface area contributed by atoms with Crippen molar-refractivity contribution in [2.24, 2.45) is 0 Å². The van der Waals surface area contributed by atoms with Gasteiger partial charge in [-0.05, 0) is 42.8 Å². The molecule has 0 saturated carbocycles. The van der Waals surface area contributed by atoms with Crippen LogP contribution in [0.25, 0.3) is 5.76 Å². The van der Waals surface area contributed by atoms with Gasteiger partial charge in [0.15, 0.2) is 0 Å². The van der Waals surface area contributed by atoms with Crippen molar-refractivity contribution in [1.82, 2.24) is 9.88 Å². The molecule has 1 N–H and O–H groups in total. The second-order valence-corrected chi connectivity index (χ2v) is 8.11. The van der Waals surface area contributed by atoms with Crippen LogP contribution in [-0.2, 0) is 16.1 Å². The topological polar surface area (TPSA) is 70.5 Å². The molecule has 156 valence electrons. The third-order valence-corrected chi connectivity index (χ3v) is 5.89. The number of rotatable bonds is 4. The molecule has 0 bridgehead atoms. The fraction of sp³-hybridized carbons (Fsp3) is 0.125. The van der Waals surface area contributed by atoms with Gasteiger partial charge in [0.1, 0.15) is 5.76 Å². The molecule has 1 aliphatic rings. The van der Waals surface area contributed by atoms with Crippen molar-refractivity contribution in [1.29, 1.82) is 0 Å². The van der Waals surface area contributed by atoms with Gasteiger partial charge in [-0.15, -0.1) is 0 Å². The van der Waals surface area contributed by atoms with Crippen LogP contribution < -0.4 is 0 Å². The number of nitrogens with zero attached hydrogens (tertiary/aromatic N) is 2. The van der Waals surface area contributed by atoms with Gasteiger partial charge >= 0.3 is 0 Å². The number of halogens is 2. The normalized spacial score (nSPS) is 17.9. The van der Waals surface area contributed by atoms with Gasteiger partial charge in [0.25, 0.3) is 11.7 Å². The maximum atomic E-state index is 13.1. The van der Waals surface area contributed by atoms with Crippen molar-refractivity contribution in [3.63, 3.8) is 0 Å². The van der Waals surface area contributed by atoms with Gasteiger partial charge in [-0.1, -0.05) is 59.1 Å². The summed E-state index contributed by atoms with van der Waals surface area (Å²) in [6.45, 7) is 2.05. The van der Waals surface area contributed by atoms with E-state index in [-0.39, 0.29) is 22.9 Å². The van der Waals surface area contributed by atoms with Crippen molar-refractivity contribution in [3.8, 4) is 0 Å². The first-order chi connectivity index (χ1) is 14.9. The van der Waals surface area contributed by atoms with Crippen LogP contribution in [0.15, 0.2) is 72.4 Å². The lowest BCUT2D eigenvalue weighted by Crippen LogP contribution is -2.29. The van der Waals surface area contributed by atoms with E-state index in [0.29, 0.717) is 16.3 Å². The maximum Gasteiger partial charge on any atom is 0.296 e. The Labute approximate surface area is 189 Å². The van der Waals surface area contributed by atoms with Crippen LogP contribution in [0.5, 0.6) is 0 Å². The molecule has 1 amide bonds. The molecule has 1 fully saturated rings. The number of aryl methyl sites for hydroxylation is 1. The summed E-state index contributed by atoms with van der Waals surface area (Å²) < 4.78 is 0. The highest BCUT2D eigenvalue weighted by Crippen LogP contribution is 2.41. The van der Waals surface area contributed by atoms with Gasteiger partial charge in [0, 0.05) is 11.8 Å². The summed E-state index contributed by atoms with van der Waals surface area (Å²) in [6, 6.07) is 16.7. The van der Waals surface area contributed by atoms with Crippen LogP contribution in [0.1, 0.15) is 28.4 Å². The largest absolute Gasteiger partial charge is 0.507 e. The van der Waals surface area contributed by atoms with Crippen molar-refractivity contribution in [2.45, 2.75) is 19.5 Å². The first kappa shape index (κ1) is 21.1. The number of hydrogen-bond acceptors (Lipinski definition) is 4. The second-order valence-electron chi connectivity index (χ2n) is 7.29. The Morgan fingerprint density at radius 3 is 2.52 bits per heavy atom. The average molecular weight is 453 g/mol. The number of likely N-dealkylation sites (tertiary alicyclic amines) is 1. The predicted molar refractivity (Wildman–Crippen MR) is 120 cm³/mol. The smallest absolute Gasteiger partial charge is 0.296 e. The first-order valence-electron chi connectivity index (χ1n) is 9.57. The number of amides is 1. The third kappa shape index (κ3) is 4.07. The number of ketones is 1. The van der Waals surface area contributed by atoms with E-state index in [1.54, 1.807) is 24.4 Å². The van der Waals surface area contributed by atoms with Crippen molar-refractivity contribution in [3.05, 3.63) is 105 Å². The Kier molecular flexibility index (Phi) is 5.81. The molecular weight excluding hydrogens is 435 g/mol. The van der Waals surface area contributed by atoms with Crippen LogP contribution in [0.2, 0.25) is 10.0 Å². The molecule has 0 spiro atoms. The average Bonchev–Trinajstić information content (AvgIpc) is 3.01. The predicted octanol–water partition coefficient (Wildman–Crippen LogP) is 5.32. The summed E-state index contributed by atoms with van der Waals surface area (Å²) in [6.07, 6.45) is 1.63. The zero-order chi connectivity index (χ0) is 22.1. The summed E-state index contributed by atoms with van der Waals surface area (Å²) in [4.78, 5) is 31.8. The molecule has 1 aromatic heterocycles. The lowest BCUT2D eigenvalue weighted by molar-refractivity contribution is -0.140. The van der Waals surface area contributed by atoms with Crippen molar-refractivity contribution >= 4 is 40.7 Å². The van der Waals surface area contributed by atoms with E-state index in [9.17, 15) is 14.7 Å². The quantitative estimate of drug-likeness (QED) is 0.330. The molecule has 3 aromatic rings. The van der Waals surface area contributed by atoms with E-state index in [1.165, 1.54) is 17.0 Å². The fourth-order valence-corrected chi connectivity index (χ4v) is 3.99. The summed E-state index contributed by atoms with van der Waals surface area (Å²) >= 11 is 12.1. The molecule has 2 aromatic carbocycles.